The Morgan fingerprint density at radius 2 is 1.75 bits per heavy atom. The van der Waals surface area contributed by atoms with Gasteiger partial charge >= 0.3 is 0 Å². The molecule has 0 radical (unpaired) electrons. The van der Waals surface area contributed by atoms with Crippen molar-refractivity contribution in [3.05, 3.63) is 35.9 Å². The lowest BCUT2D eigenvalue weighted by molar-refractivity contribution is -0.122. The molecule has 0 N–H and O–H groups in total. The maximum Gasteiger partial charge on any atom is 0.163 e. The van der Waals surface area contributed by atoms with E-state index in [0.29, 0.717) is 18.4 Å². The van der Waals surface area contributed by atoms with Gasteiger partial charge in [-0.15, -0.1) is 0 Å². The van der Waals surface area contributed by atoms with E-state index in [1.54, 1.807) is 12.1 Å². The summed E-state index contributed by atoms with van der Waals surface area (Å²) in [5.41, 5.74) is 0.694. The van der Waals surface area contributed by atoms with Gasteiger partial charge in [-0.05, 0) is 6.42 Å². The number of ketones is 2. The second-order valence-corrected chi connectivity index (χ2v) is 4.06. The lowest BCUT2D eigenvalue weighted by atomic mass is 9.97. The number of hydrogen-bond acceptors (Lipinski definition) is 2. The van der Waals surface area contributed by atoms with Crippen LogP contribution >= 0.6 is 0 Å². The number of carbonyl (C=O) groups is 2. The van der Waals surface area contributed by atoms with E-state index in [1.807, 2.05) is 32.0 Å². The third-order valence-electron chi connectivity index (χ3n) is 2.86. The Hall–Kier alpha value is -1.44. The van der Waals surface area contributed by atoms with Crippen LogP contribution in [-0.2, 0) is 4.79 Å². The van der Waals surface area contributed by atoms with Crippen LogP contribution in [0.3, 0.4) is 0 Å². The van der Waals surface area contributed by atoms with Gasteiger partial charge in [0, 0.05) is 24.3 Å². The molecule has 1 aromatic carbocycles. The van der Waals surface area contributed by atoms with Crippen molar-refractivity contribution in [1.82, 2.24) is 0 Å². The van der Waals surface area contributed by atoms with Crippen molar-refractivity contribution in [2.24, 2.45) is 5.92 Å². The molecule has 16 heavy (non-hydrogen) atoms. The first-order valence-electron chi connectivity index (χ1n) is 5.76. The molecule has 0 saturated heterocycles. The zero-order valence-corrected chi connectivity index (χ0v) is 9.90. The van der Waals surface area contributed by atoms with Crippen LogP contribution in [0.5, 0.6) is 0 Å². The molecule has 0 heterocycles. The van der Waals surface area contributed by atoms with Crippen LogP contribution in [0.2, 0.25) is 0 Å². The highest BCUT2D eigenvalue weighted by molar-refractivity contribution is 5.98. The highest BCUT2D eigenvalue weighted by Crippen LogP contribution is 2.10. The Bertz CT molecular complexity index is 354. The van der Waals surface area contributed by atoms with Crippen LogP contribution in [0.4, 0.5) is 0 Å². The van der Waals surface area contributed by atoms with Crippen molar-refractivity contribution in [3.63, 3.8) is 0 Å². The molecule has 2 nitrogen and oxygen atoms in total. The Labute approximate surface area is 96.7 Å². The third-order valence-corrected chi connectivity index (χ3v) is 2.86. The van der Waals surface area contributed by atoms with Gasteiger partial charge < -0.3 is 0 Å². The highest BCUT2D eigenvalue weighted by atomic mass is 16.1. The highest BCUT2D eigenvalue weighted by Gasteiger charge is 2.13. The van der Waals surface area contributed by atoms with Gasteiger partial charge in [0.25, 0.3) is 0 Å². The van der Waals surface area contributed by atoms with Crippen LogP contribution < -0.4 is 0 Å². The van der Waals surface area contributed by atoms with Gasteiger partial charge in [-0.3, -0.25) is 9.59 Å². The Morgan fingerprint density at radius 3 is 2.31 bits per heavy atom. The smallest absolute Gasteiger partial charge is 0.163 e. The summed E-state index contributed by atoms with van der Waals surface area (Å²) in [5.74, 6) is 0.313. The predicted octanol–water partition coefficient (Wildman–Crippen LogP) is 3.26. The monoisotopic (exact) mass is 218 g/mol. The van der Waals surface area contributed by atoms with Crippen LogP contribution in [0.1, 0.15) is 43.5 Å². The molecule has 0 amide bonds. The largest absolute Gasteiger partial charge is 0.299 e. The molecular formula is C14H18O2. The number of hydrogen-bond donors (Lipinski definition) is 0. The average molecular weight is 218 g/mol. The minimum atomic E-state index is 0.0530. The van der Waals surface area contributed by atoms with E-state index in [-0.39, 0.29) is 17.5 Å². The minimum Gasteiger partial charge on any atom is -0.299 e. The SMILES string of the molecule is CCC(C)C(=O)CCC(=O)c1ccccc1. The molecule has 1 unspecified atom stereocenters. The second kappa shape index (κ2) is 6.21. The third kappa shape index (κ3) is 3.61. The lowest BCUT2D eigenvalue weighted by Crippen LogP contribution is -2.11. The van der Waals surface area contributed by atoms with Crippen molar-refractivity contribution in [2.45, 2.75) is 33.1 Å². The minimum absolute atomic E-state index is 0.0530. The molecule has 1 aromatic rings. The fourth-order valence-electron chi connectivity index (χ4n) is 1.48. The summed E-state index contributed by atoms with van der Waals surface area (Å²) in [6.07, 6.45) is 1.54. The summed E-state index contributed by atoms with van der Waals surface area (Å²) in [6.45, 7) is 3.90. The Balaban J connectivity index is 2.45. The van der Waals surface area contributed by atoms with Crippen LogP contribution in [0.15, 0.2) is 30.3 Å². The van der Waals surface area contributed by atoms with Crippen LogP contribution in [-0.4, -0.2) is 11.6 Å². The number of rotatable bonds is 6. The zero-order valence-electron chi connectivity index (χ0n) is 9.90. The van der Waals surface area contributed by atoms with Gasteiger partial charge in [0.2, 0.25) is 0 Å². The van der Waals surface area contributed by atoms with E-state index in [2.05, 4.69) is 0 Å². The molecule has 2 heteroatoms. The van der Waals surface area contributed by atoms with Gasteiger partial charge in [-0.2, -0.15) is 0 Å². The first kappa shape index (κ1) is 12.6. The van der Waals surface area contributed by atoms with Crippen LogP contribution in [0, 0.1) is 5.92 Å². The van der Waals surface area contributed by atoms with Gasteiger partial charge in [-0.1, -0.05) is 44.2 Å². The fraction of sp³-hybridized carbons (Fsp3) is 0.429. The predicted molar refractivity (Wildman–Crippen MR) is 64.5 cm³/mol. The Kier molecular flexibility index (Phi) is 4.90. The van der Waals surface area contributed by atoms with Crippen molar-refractivity contribution >= 4 is 11.6 Å². The molecule has 0 bridgehead atoms. The van der Waals surface area contributed by atoms with Gasteiger partial charge in [0.1, 0.15) is 5.78 Å². The van der Waals surface area contributed by atoms with Crippen molar-refractivity contribution in [1.29, 1.82) is 0 Å². The summed E-state index contributed by atoms with van der Waals surface area (Å²) in [6, 6.07) is 9.13. The molecule has 1 rings (SSSR count). The molecule has 0 spiro atoms. The fourth-order valence-corrected chi connectivity index (χ4v) is 1.48. The number of carbonyl (C=O) groups excluding carboxylic acids is 2. The molecular weight excluding hydrogens is 200 g/mol. The molecule has 86 valence electrons. The number of benzene rings is 1. The van der Waals surface area contributed by atoms with E-state index in [9.17, 15) is 9.59 Å². The van der Waals surface area contributed by atoms with E-state index < -0.39 is 0 Å². The van der Waals surface area contributed by atoms with E-state index in [1.165, 1.54) is 0 Å². The molecule has 1 atom stereocenters. The summed E-state index contributed by atoms with van der Waals surface area (Å²) >= 11 is 0. The van der Waals surface area contributed by atoms with Crippen molar-refractivity contribution in [2.75, 3.05) is 0 Å². The van der Waals surface area contributed by atoms with Crippen LogP contribution in [0.25, 0.3) is 0 Å². The zero-order chi connectivity index (χ0) is 12.0. The molecule has 0 saturated carbocycles. The molecule has 0 aliphatic carbocycles. The first-order valence-corrected chi connectivity index (χ1v) is 5.76. The standard InChI is InChI=1S/C14H18O2/c1-3-11(2)13(15)9-10-14(16)12-7-5-4-6-8-12/h4-8,11H,3,9-10H2,1-2H3. The van der Waals surface area contributed by atoms with E-state index in [4.69, 9.17) is 0 Å². The normalized spacial score (nSPS) is 12.1. The van der Waals surface area contributed by atoms with E-state index in [0.717, 1.165) is 6.42 Å². The summed E-state index contributed by atoms with van der Waals surface area (Å²) in [4.78, 5) is 23.3. The maximum absolute atomic E-state index is 11.7. The summed E-state index contributed by atoms with van der Waals surface area (Å²) in [5, 5.41) is 0. The van der Waals surface area contributed by atoms with Gasteiger partial charge in [0.15, 0.2) is 5.78 Å². The first-order chi connectivity index (χ1) is 7.65. The summed E-state index contributed by atoms with van der Waals surface area (Å²) in [7, 11) is 0. The topological polar surface area (TPSA) is 34.1 Å². The second-order valence-electron chi connectivity index (χ2n) is 4.06. The van der Waals surface area contributed by atoms with Crippen molar-refractivity contribution in [3.8, 4) is 0 Å². The molecule has 0 aliphatic heterocycles. The molecule has 0 aliphatic rings. The number of Topliss-reactive ketones (excluding diaryl/α,β-unsaturated/α-hetero) is 2. The summed E-state index contributed by atoms with van der Waals surface area (Å²) < 4.78 is 0. The van der Waals surface area contributed by atoms with Gasteiger partial charge in [-0.25, -0.2) is 0 Å². The quantitative estimate of drug-likeness (QED) is 0.687. The van der Waals surface area contributed by atoms with Gasteiger partial charge in [0.05, 0.1) is 0 Å². The maximum atomic E-state index is 11.7. The molecule has 0 aromatic heterocycles. The molecule has 0 fully saturated rings. The van der Waals surface area contributed by atoms with Crippen molar-refractivity contribution < 1.29 is 9.59 Å². The average Bonchev–Trinajstić information content (AvgIpc) is 2.35. The Morgan fingerprint density at radius 1 is 1.12 bits per heavy atom. The lowest BCUT2D eigenvalue weighted by Gasteiger charge is -2.06. The van der Waals surface area contributed by atoms with E-state index >= 15 is 0 Å².